The van der Waals surface area contributed by atoms with E-state index in [0.29, 0.717) is 9.96 Å². The van der Waals surface area contributed by atoms with Gasteiger partial charge in [-0.1, -0.05) is 114 Å². The lowest BCUT2D eigenvalue weighted by Crippen LogP contribution is -2.45. The Morgan fingerprint density at radius 3 is 1.67 bits per heavy atom. The molecule has 132 valence electrons. The molecule has 1 aliphatic rings. The minimum absolute atomic E-state index is 0.331. The molecule has 3 aromatic rings. The summed E-state index contributed by atoms with van der Waals surface area (Å²) in [5.41, 5.74) is 4.46. The van der Waals surface area contributed by atoms with Crippen molar-refractivity contribution in [3.05, 3.63) is 112 Å². The van der Waals surface area contributed by atoms with Crippen LogP contribution < -0.4 is 5.46 Å². The summed E-state index contributed by atoms with van der Waals surface area (Å²) in [6.07, 6.45) is 0. The summed E-state index contributed by atoms with van der Waals surface area (Å²) in [4.78, 5) is 0.604. The molecular weight excluding hydrogens is 395 g/mol. The monoisotopic (exact) mass is 409 g/mol. The van der Waals surface area contributed by atoms with E-state index in [4.69, 9.17) is 35.0 Å². The van der Waals surface area contributed by atoms with Gasteiger partial charge in [-0.05, 0) is 28.4 Å². The van der Waals surface area contributed by atoms with Gasteiger partial charge in [-0.15, -0.1) is 0 Å². The zero-order valence-corrected chi connectivity index (χ0v) is 16.6. The molecule has 5 heteroatoms. The number of halogens is 3. The standard InChI is InChI=1S/C22H15BCl3N/c24-20-19(16-10-4-1-5-11-16)22(25)23(18-14-8-3-9-15-18)27(26)21(20)17-12-6-2-7-13-17/h1-15H. The van der Waals surface area contributed by atoms with Gasteiger partial charge in [0.25, 0.3) is 0 Å². The number of nitrogens with zero attached hydrogens (tertiary/aromatic N) is 1. The van der Waals surface area contributed by atoms with Gasteiger partial charge >= 0.3 is 6.85 Å². The molecule has 0 spiro atoms. The highest BCUT2D eigenvalue weighted by molar-refractivity contribution is 6.91. The van der Waals surface area contributed by atoms with Crippen molar-refractivity contribution >= 4 is 58.6 Å². The lowest BCUT2D eigenvalue weighted by Gasteiger charge is -2.33. The van der Waals surface area contributed by atoms with Crippen LogP contribution in [0, 0.1) is 0 Å². The molecule has 1 heterocycles. The van der Waals surface area contributed by atoms with Crippen LogP contribution >= 0.6 is 35.0 Å². The van der Waals surface area contributed by atoms with Crippen LogP contribution in [-0.4, -0.2) is 11.2 Å². The predicted molar refractivity (Wildman–Crippen MR) is 118 cm³/mol. The third-order valence-corrected chi connectivity index (χ3v) is 5.70. The van der Waals surface area contributed by atoms with Gasteiger partial charge in [0, 0.05) is 10.5 Å². The van der Waals surface area contributed by atoms with Gasteiger partial charge in [-0.25, -0.2) is 0 Å². The van der Waals surface area contributed by atoms with Crippen molar-refractivity contribution in [2.75, 3.05) is 0 Å². The Morgan fingerprint density at radius 1 is 0.630 bits per heavy atom. The van der Waals surface area contributed by atoms with E-state index in [1.54, 1.807) is 4.33 Å². The molecule has 0 aromatic heterocycles. The van der Waals surface area contributed by atoms with E-state index in [-0.39, 0.29) is 6.85 Å². The van der Waals surface area contributed by atoms with E-state index < -0.39 is 0 Å². The summed E-state index contributed by atoms with van der Waals surface area (Å²) in [5, 5.41) is 0.541. The maximum atomic E-state index is 6.90. The SMILES string of the molecule is ClC1=C(c2ccccc2)C(Cl)=C(c2ccccc2)N(Cl)B1c1ccccc1. The zero-order valence-electron chi connectivity index (χ0n) is 14.3. The van der Waals surface area contributed by atoms with E-state index >= 15 is 0 Å². The van der Waals surface area contributed by atoms with E-state index in [2.05, 4.69) is 0 Å². The van der Waals surface area contributed by atoms with Crippen molar-refractivity contribution in [1.82, 2.24) is 4.33 Å². The van der Waals surface area contributed by atoms with Gasteiger partial charge in [0.2, 0.25) is 0 Å². The molecule has 0 unspecified atom stereocenters. The van der Waals surface area contributed by atoms with Gasteiger partial charge in [0.15, 0.2) is 0 Å². The molecule has 0 fully saturated rings. The molecule has 0 radical (unpaired) electrons. The van der Waals surface area contributed by atoms with Crippen molar-refractivity contribution in [3.63, 3.8) is 0 Å². The molecule has 1 aliphatic heterocycles. The van der Waals surface area contributed by atoms with Gasteiger partial charge in [0.1, 0.15) is 0 Å². The molecular formula is C22H15BCl3N. The third-order valence-electron chi connectivity index (χ3n) is 4.57. The van der Waals surface area contributed by atoms with E-state index in [0.717, 1.165) is 27.9 Å². The van der Waals surface area contributed by atoms with Crippen LogP contribution in [0.15, 0.2) is 101 Å². The fraction of sp³-hybridized carbons (Fsp3) is 0. The Hall–Kier alpha value is -2.13. The lowest BCUT2D eigenvalue weighted by atomic mass is 9.52. The Bertz CT molecular complexity index is 1000. The molecule has 0 saturated carbocycles. The van der Waals surface area contributed by atoms with Crippen molar-refractivity contribution in [3.8, 4) is 0 Å². The molecule has 4 rings (SSSR count). The van der Waals surface area contributed by atoms with Crippen LogP contribution in [0.1, 0.15) is 11.1 Å². The largest absolute Gasteiger partial charge is 0.353 e. The first-order chi connectivity index (χ1) is 13.2. The average Bonchev–Trinajstić information content (AvgIpc) is 2.70. The Kier molecular flexibility index (Phi) is 5.31. The first-order valence-electron chi connectivity index (χ1n) is 8.59. The summed E-state index contributed by atoms with van der Waals surface area (Å²) in [5.74, 6) is 0. The Morgan fingerprint density at radius 2 is 1.11 bits per heavy atom. The van der Waals surface area contributed by atoms with Gasteiger partial charge < -0.3 is 4.33 Å². The average molecular weight is 411 g/mol. The minimum Gasteiger partial charge on any atom is -0.317 e. The number of hydrogen-bond donors (Lipinski definition) is 0. The Balaban J connectivity index is 1.97. The van der Waals surface area contributed by atoms with Crippen LogP contribution in [0.5, 0.6) is 0 Å². The number of allylic oxidation sites excluding steroid dienone is 2. The van der Waals surface area contributed by atoms with E-state index in [1.807, 2.05) is 91.0 Å². The molecule has 0 atom stereocenters. The summed E-state index contributed by atoms with van der Waals surface area (Å²) < 4.78 is 1.64. The van der Waals surface area contributed by atoms with Gasteiger partial charge in [0.05, 0.1) is 10.7 Å². The molecule has 0 N–H and O–H groups in total. The smallest absolute Gasteiger partial charge is 0.317 e. The molecule has 0 saturated heterocycles. The maximum Gasteiger partial charge on any atom is 0.353 e. The normalized spacial score (nSPS) is 14.8. The van der Waals surface area contributed by atoms with Crippen molar-refractivity contribution in [2.45, 2.75) is 0 Å². The second-order valence-corrected chi connectivity index (χ2v) is 7.39. The number of benzene rings is 3. The fourth-order valence-corrected chi connectivity index (χ4v) is 4.68. The summed E-state index contributed by atoms with van der Waals surface area (Å²) in [7, 11) is 0. The molecule has 1 nitrogen and oxygen atoms in total. The van der Waals surface area contributed by atoms with E-state index in [9.17, 15) is 0 Å². The lowest BCUT2D eigenvalue weighted by molar-refractivity contribution is 0.975. The first-order valence-corrected chi connectivity index (χ1v) is 9.68. The third kappa shape index (κ3) is 3.41. The highest BCUT2D eigenvalue weighted by Gasteiger charge is 2.39. The van der Waals surface area contributed by atoms with Crippen LogP contribution in [0.4, 0.5) is 0 Å². The van der Waals surface area contributed by atoms with E-state index in [1.165, 1.54) is 0 Å². The molecule has 27 heavy (non-hydrogen) atoms. The quantitative estimate of drug-likeness (QED) is 0.370. The Labute approximate surface area is 174 Å². The number of hydrogen-bond acceptors (Lipinski definition) is 1. The van der Waals surface area contributed by atoms with Crippen LogP contribution in [0.2, 0.25) is 0 Å². The second-order valence-electron chi connectivity index (χ2n) is 6.24. The maximum absolute atomic E-state index is 6.90. The van der Waals surface area contributed by atoms with Crippen molar-refractivity contribution in [2.24, 2.45) is 0 Å². The molecule has 0 amide bonds. The topological polar surface area (TPSA) is 3.24 Å². The summed E-state index contributed by atoms with van der Waals surface area (Å²) in [6.45, 7) is -0.331. The van der Waals surface area contributed by atoms with Crippen LogP contribution in [0.3, 0.4) is 0 Å². The highest BCUT2D eigenvalue weighted by Crippen LogP contribution is 2.44. The first kappa shape index (κ1) is 18.2. The second kappa shape index (κ2) is 7.86. The summed E-state index contributed by atoms with van der Waals surface area (Å²) in [6, 6.07) is 29.8. The fourth-order valence-electron chi connectivity index (χ4n) is 3.31. The minimum atomic E-state index is -0.331. The van der Waals surface area contributed by atoms with Gasteiger partial charge in [-0.3, -0.25) is 0 Å². The van der Waals surface area contributed by atoms with Crippen LogP contribution in [-0.2, 0) is 0 Å². The zero-order chi connectivity index (χ0) is 18.8. The van der Waals surface area contributed by atoms with Gasteiger partial charge in [-0.2, -0.15) is 0 Å². The molecule has 0 bridgehead atoms. The molecule has 3 aromatic carbocycles. The number of rotatable bonds is 3. The summed E-state index contributed by atoms with van der Waals surface area (Å²) >= 11 is 20.6. The van der Waals surface area contributed by atoms with Crippen molar-refractivity contribution in [1.29, 1.82) is 0 Å². The highest BCUT2D eigenvalue weighted by atomic mass is 35.5. The van der Waals surface area contributed by atoms with Crippen molar-refractivity contribution < 1.29 is 0 Å². The van der Waals surface area contributed by atoms with Crippen LogP contribution in [0.25, 0.3) is 11.3 Å². The molecule has 0 aliphatic carbocycles. The predicted octanol–water partition coefficient (Wildman–Crippen LogP) is 6.15.